The number of carboxylic acids is 1. The predicted octanol–water partition coefficient (Wildman–Crippen LogP) is 0.921. The first-order valence-electron chi connectivity index (χ1n) is 3.22. The van der Waals surface area contributed by atoms with Crippen LogP contribution in [0.5, 0.6) is 0 Å². The zero-order valence-electron chi connectivity index (χ0n) is 5.89. The molecule has 0 bridgehead atoms. The average molecular weight is 164 g/mol. The van der Waals surface area contributed by atoms with E-state index in [2.05, 4.69) is 10.1 Å². The summed E-state index contributed by atoms with van der Waals surface area (Å²) >= 11 is 0. The van der Waals surface area contributed by atoms with Crippen LogP contribution in [0.25, 0.3) is 11.1 Å². The number of carbonyl (C=O) groups is 1. The fourth-order valence-electron chi connectivity index (χ4n) is 0.884. The monoisotopic (exact) mass is 164 g/mol. The van der Waals surface area contributed by atoms with E-state index in [4.69, 9.17) is 9.63 Å². The zero-order valence-corrected chi connectivity index (χ0v) is 5.89. The van der Waals surface area contributed by atoms with E-state index in [0.29, 0.717) is 11.1 Å². The molecule has 0 amide bonds. The van der Waals surface area contributed by atoms with Crippen molar-refractivity contribution in [1.29, 1.82) is 0 Å². The largest absolute Gasteiger partial charge is 0.477 e. The summed E-state index contributed by atoms with van der Waals surface area (Å²) in [5.74, 6) is -1.06. The quantitative estimate of drug-likeness (QED) is 0.678. The van der Waals surface area contributed by atoms with E-state index in [1.54, 1.807) is 0 Å². The minimum atomic E-state index is -1.06. The van der Waals surface area contributed by atoms with Crippen LogP contribution in [0, 0.1) is 0 Å². The Balaban J connectivity index is 2.68. The third-order valence-electron chi connectivity index (χ3n) is 1.43. The maximum Gasteiger partial charge on any atom is 0.354 e. The molecular formula is C7H4N2O3. The molecule has 5 heteroatoms. The van der Waals surface area contributed by atoms with E-state index < -0.39 is 5.97 Å². The van der Waals surface area contributed by atoms with E-state index in [1.807, 2.05) is 0 Å². The number of hydrogen-bond donors (Lipinski definition) is 1. The fraction of sp³-hybridized carbons (Fsp3) is 0. The van der Waals surface area contributed by atoms with Crippen LogP contribution in [0.4, 0.5) is 0 Å². The second-order valence-electron chi connectivity index (χ2n) is 2.21. The van der Waals surface area contributed by atoms with E-state index in [9.17, 15) is 4.79 Å². The number of hydrogen-bond acceptors (Lipinski definition) is 4. The van der Waals surface area contributed by atoms with E-state index in [1.165, 1.54) is 18.3 Å². The Morgan fingerprint density at radius 3 is 3.08 bits per heavy atom. The molecule has 0 aliphatic carbocycles. The summed E-state index contributed by atoms with van der Waals surface area (Å²) in [6.07, 6.45) is 1.38. The van der Waals surface area contributed by atoms with Gasteiger partial charge in [-0.15, -0.1) is 0 Å². The Hall–Kier alpha value is -1.91. The fourth-order valence-corrected chi connectivity index (χ4v) is 0.884. The van der Waals surface area contributed by atoms with Gasteiger partial charge in [-0.3, -0.25) is 0 Å². The molecule has 1 N–H and O–H groups in total. The Kier molecular flexibility index (Phi) is 1.30. The van der Waals surface area contributed by atoms with Crippen LogP contribution in [-0.2, 0) is 0 Å². The van der Waals surface area contributed by atoms with Crippen molar-refractivity contribution in [3.63, 3.8) is 0 Å². The number of fused-ring (bicyclic) bond motifs is 1. The van der Waals surface area contributed by atoms with Crippen molar-refractivity contribution in [2.75, 3.05) is 0 Å². The van der Waals surface area contributed by atoms with Crippen molar-refractivity contribution in [3.8, 4) is 0 Å². The highest BCUT2D eigenvalue weighted by Gasteiger charge is 2.06. The molecule has 0 fully saturated rings. The molecular weight excluding hydrogens is 160 g/mol. The number of pyridine rings is 1. The number of rotatable bonds is 1. The molecule has 2 rings (SSSR count). The second kappa shape index (κ2) is 2.30. The van der Waals surface area contributed by atoms with E-state index >= 15 is 0 Å². The first-order chi connectivity index (χ1) is 5.77. The number of nitrogens with zero attached hydrogens (tertiary/aromatic N) is 2. The molecule has 0 aliphatic heterocycles. The molecule has 12 heavy (non-hydrogen) atoms. The van der Waals surface area contributed by atoms with E-state index in [-0.39, 0.29) is 5.69 Å². The van der Waals surface area contributed by atoms with Gasteiger partial charge in [-0.25, -0.2) is 9.78 Å². The average Bonchev–Trinajstić information content (AvgIpc) is 2.49. The van der Waals surface area contributed by atoms with Gasteiger partial charge < -0.3 is 9.63 Å². The van der Waals surface area contributed by atoms with Gasteiger partial charge in [0.2, 0.25) is 0 Å². The highest BCUT2D eigenvalue weighted by molar-refractivity contribution is 5.88. The van der Waals surface area contributed by atoms with Crippen LogP contribution in [0.1, 0.15) is 10.5 Å². The lowest BCUT2D eigenvalue weighted by Crippen LogP contribution is -1.98. The molecule has 60 valence electrons. The molecule has 0 aromatic carbocycles. The molecule has 0 saturated carbocycles. The first-order valence-corrected chi connectivity index (χ1v) is 3.22. The lowest BCUT2D eigenvalue weighted by molar-refractivity contribution is 0.0691. The molecule has 0 spiro atoms. The molecule has 0 atom stereocenters. The SMILES string of the molecule is O=C(O)c1ccc2oncc2n1. The number of carboxylic acid groups (broad SMARTS) is 1. The van der Waals surface area contributed by atoms with Gasteiger partial charge in [0, 0.05) is 0 Å². The van der Waals surface area contributed by atoms with Crippen LogP contribution in [-0.4, -0.2) is 21.2 Å². The van der Waals surface area contributed by atoms with Crippen molar-refractivity contribution in [2.24, 2.45) is 0 Å². The third kappa shape index (κ3) is 0.914. The van der Waals surface area contributed by atoms with Crippen LogP contribution in [0.3, 0.4) is 0 Å². The number of aromatic carboxylic acids is 1. The first kappa shape index (κ1) is 6.78. The van der Waals surface area contributed by atoms with Gasteiger partial charge in [0.25, 0.3) is 0 Å². The highest BCUT2D eigenvalue weighted by Crippen LogP contribution is 2.10. The molecule has 0 saturated heterocycles. The van der Waals surface area contributed by atoms with Crippen molar-refractivity contribution < 1.29 is 14.4 Å². The minimum Gasteiger partial charge on any atom is -0.477 e. The van der Waals surface area contributed by atoms with Crippen molar-refractivity contribution >= 4 is 17.1 Å². The topological polar surface area (TPSA) is 76.2 Å². The van der Waals surface area contributed by atoms with Gasteiger partial charge in [0.05, 0.1) is 6.20 Å². The summed E-state index contributed by atoms with van der Waals surface area (Å²) < 4.78 is 4.75. The minimum absolute atomic E-state index is 0.00861. The van der Waals surface area contributed by atoms with Crippen LogP contribution < -0.4 is 0 Å². The van der Waals surface area contributed by atoms with Gasteiger partial charge in [0.1, 0.15) is 11.2 Å². The summed E-state index contributed by atoms with van der Waals surface area (Å²) in [5.41, 5.74) is 0.931. The molecule has 2 heterocycles. The molecule has 2 aromatic heterocycles. The van der Waals surface area contributed by atoms with Crippen LogP contribution in [0.15, 0.2) is 22.9 Å². The van der Waals surface area contributed by atoms with Gasteiger partial charge in [0.15, 0.2) is 5.58 Å². The molecule has 2 aromatic rings. The predicted molar refractivity (Wildman–Crippen MR) is 38.8 cm³/mol. The van der Waals surface area contributed by atoms with Crippen LogP contribution >= 0.6 is 0 Å². The summed E-state index contributed by atoms with van der Waals surface area (Å²) in [6, 6.07) is 2.90. The standard InChI is InChI=1S/C7H4N2O3/c10-7(11)4-1-2-6-5(9-4)3-8-12-6/h1-3H,(H,10,11). The zero-order chi connectivity index (χ0) is 8.55. The van der Waals surface area contributed by atoms with Crippen molar-refractivity contribution in [1.82, 2.24) is 10.1 Å². The van der Waals surface area contributed by atoms with Crippen molar-refractivity contribution in [2.45, 2.75) is 0 Å². The third-order valence-corrected chi connectivity index (χ3v) is 1.43. The summed E-state index contributed by atoms with van der Waals surface area (Å²) in [5, 5.41) is 12.0. The Morgan fingerprint density at radius 1 is 1.50 bits per heavy atom. The molecule has 5 nitrogen and oxygen atoms in total. The second-order valence-corrected chi connectivity index (χ2v) is 2.21. The van der Waals surface area contributed by atoms with Gasteiger partial charge in [-0.05, 0) is 12.1 Å². The van der Waals surface area contributed by atoms with Crippen LogP contribution in [0.2, 0.25) is 0 Å². The summed E-state index contributed by atoms with van der Waals surface area (Å²) in [4.78, 5) is 14.2. The van der Waals surface area contributed by atoms with E-state index in [0.717, 1.165) is 0 Å². The molecule has 0 unspecified atom stereocenters. The van der Waals surface area contributed by atoms with Crippen molar-refractivity contribution in [3.05, 3.63) is 24.0 Å². The lowest BCUT2D eigenvalue weighted by Gasteiger charge is -1.90. The highest BCUT2D eigenvalue weighted by atomic mass is 16.5. The Bertz CT molecular complexity index is 435. The smallest absolute Gasteiger partial charge is 0.354 e. The normalized spacial score (nSPS) is 10.3. The number of aromatic nitrogens is 2. The molecule has 0 radical (unpaired) electrons. The maximum absolute atomic E-state index is 10.5. The Labute approximate surface area is 66.6 Å². The maximum atomic E-state index is 10.5. The summed E-state index contributed by atoms with van der Waals surface area (Å²) in [7, 11) is 0. The van der Waals surface area contributed by atoms with Gasteiger partial charge in [-0.2, -0.15) is 0 Å². The van der Waals surface area contributed by atoms with Gasteiger partial charge in [-0.1, -0.05) is 5.16 Å². The summed E-state index contributed by atoms with van der Waals surface area (Å²) in [6.45, 7) is 0. The Morgan fingerprint density at radius 2 is 2.33 bits per heavy atom. The lowest BCUT2D eigenvalue weighted by atomic mass is 10.3. The molecule has 0 aliphatic rings. The van der Waals surface area contributed by atoms with Gasteiger partial charge >= 0.3 is 5.97 Å².